The third kappa shape index (κ3) is 3.19. The van der Waals surface area contributed by atoms with Crippen molar-refractivity contribution in [2.75, 3.05) is 19.6 Å². The summed E-state index contributed by atoms with van der Waals surface area (Å²) in [7, 11) is 0. The van der Waals surface area contributed by atoms with E-state index in [-0.39, 0.29) is 11.9 Å². The van der Waals surface area contributed by atoms with E-state index in [2.05, 4.69) is 40.2 Å². The number of fused-ring (bicyclic) bond motifs is 1. The van der Waals surface area contributed by atoms with Crippen molar-refractivity contribution in [3.05, 3.63) is 35.4 Å². The van der Waals surface area contributed by atoms with Crippen LogP contribution in [0.3, 0.4) is 0 Å². The van der Waals surface area contributed by atoms with E-state index in [0.717, 1.165) is 25.9 Å². The summed E-state index contributed by atoms with van der Waals surface area (Å²) in [5.74, 6) is 0.161. The summed E-state index contributed by atoms with van der Waals surface area (Å²) in [5, 5.41) is 9.94. The summed E-state index contributed by atoms with van der Waals surface area (Å²) in [5.41, 5.74) is 2.74. The summed E-state index contributed by atoms with van der Waals surface area (Å²) in [6, 6.07) is 9.14. The first-order valence-corrected chi connectivity index (χ1v) is 7.64. The van der Waals surface area contributed by atoms with Crippen molar-refractivity contribution in [3.8, 4) is 0 Å². The Kier molecular flexibility index (Phi) is 4.33. The van der Waals surface area contributed by atoms with Crippen LogP contribution in [0.2, 0.25) is 0 Å². The van der Waals surface area contributed by atoms with E-state index < -0.39 is 0 Å². The molecule has 2 heterocycles. The molecule has 20 heavy (non-hydrogen) atoms. The molecule has 0 bridgehead atoms. The highest BCUT2D eigenvalue weighted by molar-refractivity contribution is 5.76. The second kappa shape index (κ2) is 6.37. The fraction of sp³-hybridized carbons (Fsp3) is 0.562. The average Bonchev–Trinajstić information content (AvgIpc) is 2.98. The van der Waals surface area contributed by atoms with Gasteiger partial charge in [0.25, 0.3) is 0 Å². The minimum absolute atomic E-state index is 0.161. The second-order valence-corrected chi connectivity index (χ2v) is 5.76. The molecule has 4 nitrogen and oxygen atoms in total. The second-order valence-electron chi connectivity index (χ2n) is 5.76. The number of rotatable bonds is 4. The normalized spacial score (nSPS) is 25.2. The molecule has 3 rings (SSSR count). The minimum atomic E-state index is 0.161. The molecule has 108 valence electrons. The standard InChI is InChI=1S/C16H23N3O/c20-16(10-13-5-3-8-17-13)19-11-15-14-6-2-1-4-12(14)7-9-18-15/h1-2,4,6,13,15,17-18H,3,5,7-11H2,(H,19,20). The van der Waals surface area contributed by atoms with Crippen molar-refractivity contribution < 1.29 is 4.79 Å². The van der Waals surface area contributed by atoms with Crippen LogP contribution in [0.15, 0.2) is 24.3 Å². The van der Waals surface area contributed by atoms with E-state index in [4.69, 9.17) is 0 Å². The first kappa shape index (κ1) is 13.6. The van der Waals surface area contributed by atoms with Gasteiger partial charge in [-0.1, -0.05) is 24.3 Å². The first-order chi connectivity index (χ1) is 9.83. The number of carbonyl (C=O) groups is 1. The Morgan fingerprint density at radius 3 is 3.00 bits per heavy atom. The third-order valence-electron chi connectivity index (χ3n) is 4.31. The van der Waals surface area contributed by atoms with Crippen LogP contribution in [0, 0.1) is 0 Å². The van der Waals surface area contributed by atoms with E-state index >= 15 is 0 Å². The van der Waals surface area contributed by atoms with Crippen LogP contribution in [-0.2, 0) is 11.2 Å². The van der Waals surface area contributed by atoms with Crippen molar-refractivity contribution in [3.63, 3.8) is 0 Å². The zero-order valence-corrected chi connectivity index (χ0v) is 11.8. The molecule has 2 aliphatic rings. The predicted molar refractivity (Wildman–Crippen MR) is 79.5 cm³/mol. The van der Waals surface area contributed by atoms with Gasteiger partial charge in [0.2, 0.25) is 5.91 Å². The van der Waals surface area contributed by atoms with Gasteiger partial charge in [-0.25, -0.2) is 0 Å². The van der Waals surface area contributed by atoms with Crippen LogP contribution >= 0.6 is 0 Å². The lowest BCUT2D eigenvalue weighted by molar-refractivity contribution is -0.121. The lowest BCUT2D eigenvalue weighted by Gasteiger charge is -2.27. The van der Waals surface area contributed by atoms with E-state index in [1.807, 2.05) is 0 Å². The van der Waals surface area contributed by atoms with Crippen LogP contribution in [0.4, 0.5) is 0 Å². The third-order valence-corrected chi connectivity index (χ3v) is 4.31. The van der Waals surface area contributed by atoms with E-state index in [9.17, 15) is 4.79 Å². The number of benzene rings is 1. The molecule has 1 saturated heterocycles. The topological polar surface area (TPSA) is 53.2 Å². The summed E-state index contributed by atoms with van der Waals surface area (Å²) in [4.78, 5) is 12.0. The molecule has 1 amide bonds. The van der Waals surface area contributed by atoms with Gasteiger partial charge in [0.05, 0.1) is 0 Å². The van der Waals surface area contributed by atoms with Crippen LogP contribution in [0.1, 0.15) is 36.4 Å². The van der Waals surface area contributed by atoms with Crippen molar-refractivity contribution in [1.82, 2.24) is 16.0 Å². The highest BCUT2D eigenvalue weighted by atomic mass is 16.1. The molecular weight excluding hydrogens is 250 g/mol. The van der Waals surface area contributed by atoms with Gasteiger partial charge in [-0.2, -0.15) is 0 Å². The van der Waals surface area contributed by atoms with Crippen LogP contribution in [-0.4, -0.2) is 31.6 Å². The van der Waals surface area contributed by atoms with Gasteiger partial charge in [-0.3, -0.25) is 4.79 Å². The fourth-order valence-electron chi connectivity index (χ4n) is 3.22. The molecule has 0 spiro atoms. The Morgan fingerprint density at radius 2 is 2.15 bits per heavy atom. The summed E-state index contributed by atoms with van der Waals surface area (Å²) in [6.45, 7) is 2.72. The molecule has 1 aromatic carbocycles. The molecule has 0 aromatic heterocycles. The van der Waals surface area contributed by atoms with Gasteiger partial charge in [0.15, 0.2) is 0 Å². The predicted octanol–water partition coefficient (Wildman–Crippen LogP) is 1.13. The lowest BCUT2D eigenvalue weighted by atomic mass is 9.94. The molecule has 1 fully saturated rings. The smallest absolute Gasteiger partial charge is 0.221 e. The number of nitrogens with one attached hydrogen (secondary N) is 3. The maximum Gasteiger partial charge on any atom is 0.221 e. The summed E-state index contributed by atoms with van der Waals surface area (Å²) in [6.07, 6.45) is 3.99. The van der Waals surface area contributed by atoms with Crippen LogP contribution in [0.25, 0.3) is 0 Å². The quantitative estimate of drug-likeness (QED) is 0.771. The molecule has 3 N–H and O–H groups in total. The highest BCUT2D eigenvalue weighted by Gasteiger charge is 2.21. The van der Waals surface area contributed by atoms with Crippen LogP contribution in [0.5, 0.6) is 0 Å². The molecular formula is C16H23N3O. The maximum absolute atomic E-state index is 12.0. The SMILES string of the molecule is O=C(CC1CCCN1)NCC1NCCc2ccccc21. The van der Waals surface area contributed by atoms with Crippen molar-refractivity contribution in [1.29, 1.82) is 0 Å². The van der Waals surface area contributed by atoms with Gasteiger partial charge >= 0.3 is 0 Å². The van der Waals surface area contributed by atoms with Crippen molar-refractivity contribution >= 4 is 5.91 Å². The van der Waals surface area contributed by atoms with E-state index in [1.165, 1.54) is 17.5 Å². The van der Waals surface area contributed by atoms with Crippen molar-refractivity contribution in [2.24, 2.45) is 0 Å². The van der Waals surface area contributed by atoms with Crippen LogP contribution < -0.4 is 16.0 Å². The largest absolute Gasteiger partial charge is 0.354 e. The first-order valence-electron chi connectivity index (χ1n) is 7.64. The van der Waals surface area contributed by atoms with Gasteiger partial charge in [0, 0.05) is 25.0 Å². The molecule has 0 aliphatic carbocycles. The summed E-state index contributed by atoms with van der Waals surface area (Å²) < 4.78 is 0. The highest BCUT2D eigenvalue weighted by Crippen LogP contribution is 2.21. The van der Waals surface area contributed by atoms with Gasteiger partial charge in [-0.15, -0.1) is 0 Å². The number of hydrogen-bond donors (Lipinski definition) is 3. The Balaban J connectivity index is 1.52. The van der Waals surface area contributed by atoms with Gasteiger partial charge in [0.1, 0.15) is 0 Å². The average molecular weight is 273 g/mol. The Labute approximate surface area is 120 Å². The Morgan fingerprint density at radius 1 is 1.25 bits per heavy atom. The molecule has 0 radical (unpaired) electrons. The zero-order valence-electron chi connectivity index (χ0n) is 11.8. The molecule has 0 saturated carbocycles. The van der Waals surface area contributed by atoms with Gasteiger partial charge in [-0.05, 0) is 43.5 Å². The molecule has 2 aliphatic heterocycles. The molecule has 2 atom stereocenters. The monoisotopic (exact) mass is 273 g/mol. The lowest BCUT2D eigenvalue weighted by Crippen LogP contribution is -2.40. The number of hydrogen-bond acceptors (Lipinski definition) is 3. The number of carbonyl (C=O) groups excluding carboxylic acids is 1. The fourth-order valence-corrected chi connectivity index (χ4v) is 3.22. The molecule has 2 unspecified atom stereocenters. The molecule has 4 heteroatoms. The molecule has 1 aromatic rings. The van der Waals surface area contributed by atoms with Gasteiger partial charge < -0.3 is 16.0 Å². The van der Waals surface area contributed by atoms with Crippen molar-refractivity contribution in [2.45, 2.75) is 37.8 Å². The maximum atomic E-state index is 12.0. The zero-order chi connectivity index (χ0) is 13.8. The minimum Gasteiger partial charge on any atom is -0.354 e. The number of amides is 1. The van der Waals surface area contributed by atoms with E-state index in [1.54, 1.807) is 0 Å². The summed E-state index contributed by atoms with van der Waals surface area (Å²) >= 11 is 0. The Bertz CT molecular complexity index is 469. The van der Waals surface area contributed by atoms with E-state index in [0.29, 0.717) is 19.0 Å². The Hall–Kier alpha value is -1.39.